The second-order valence-corrected chi connectivity index (χ2v) is 6.11. The predicted molar refractivity (Wildman–Crippen MR) is 67.0 cm³/mol. The summed E-state index contributed by atoms with van der Waals surface area (Å²) in [4.78, 5) is 0. The van der Waals surface area contributed by atoms with E-state index >= 15 is 0 Å². The van der Waals surface area contributed by atoms with Crippen LogP contribution in [0.2, 0.25) is 0 Å². The average Bonchev–Trinajstić information content (AvgIpc) is 2.07. The Morgan fingerprint density at radius 1 is 1.36 bits per heavy atom. The summed E-state index contributed by atoms with van der Waals surface area (Å²) in [6.07, 6.45) is 8.00. The molecule has 0 spiro atoms. The van der Waals surface area contributed by atoms with Crippen molar-refractivity contribution < 1.29 is 0 Å². The summed E-state index contributed by atoms with van der Waals surface area (Å²) in [6.45, 7) is 7.00. The van der Waals surface area contributed by atoms with Crippen molar-refractivity contribution in [1.29, 1.82) is 0 Å². The molecule has 0 bridgehead atoms. The molecule has 0 aliphatic heterocycles. The van der Waals surface area contributed by atoms with Gasteiger partial charge in [0.1, 0.15) is 0 Å². The van der Waals surface area contributed by atoms with Crippen LogP contribution in [0.1, 0.15) is 39.5 Å². The molecular weight excluding hydrogens is 190 g/mol. The van der Waals surface area contributed by atoms with Gasteiger partial charge in [-0.05, 0) is 49.1 Å². The van der Waals surface area contributed by atoms with Crippen molar-refractivity contribution in [2.75, 3.05) is 25.1 Å². The summed E-state index contributed by atoms with van der Waals surface area (Å²) in [6, 6.07) is 0. The van der Waals surface area contributed by atoms with Gasteiger partial charge in [0.25, 0.3) is 0 Å². The van der Waals surface area contributed by atoms with E-state index in [-0.39, 0.29) is 0 Å². The third-order valence-electron chi connectivity index (χ3n) is 3.30. The van der Waals surface area contributed by atoms with Crippen molar-refractivity contribution in [3.05, 3.63) is 0 Å². The SMILES string of the molecule is CSCCC1(CNCC(C)C)CCC1. The Morgan fingerprint density at radius 2 is 2.07 bits per heavy atom. The Balaban J connectivity index is 2.16. The Bertz CT molecular complexity index is 152. The molecule has 14 heavy (non-hydrogen) atoms. The Labute approximate surface area is 93.4 Å². The first-order chi connectivity index (χ1) is 6.68. The molecule has 0 atom stereocenters. The molecule has 0 aromatic heterocycles. The fourth-order valence-electron chi connectivity index (χ4n) is 2.14. The maximum atomic E-state index is 3.63. The third kappa shape index (κ3) is 3.82. The van der Waals surface area contributed by atoms with Gasteiger partial charge in [-0.3, -0.25) is 0 Å². The number of thioether (sulfide) groups is 1. The van der Waals surface area contributed by atoms with Crippen LogP contribution in [0.15, 0.2) is 0 Å². The zero-order chi connectivity index (χ0) is 10.4. The number of nitrogens with one attached hydrogen (secondary N) is 1. The lowest BCUT2D eigenvalue weighted by molar-refractivity contribution is 0.125. The molecule has 1 nitrogen and oxygen atoms in total. The van der Waals surface area contributed by atoms with Gasteiger partial charge in [-0.2, -0.15) is 11.8 Å². The van der Waals surface area contributed by atoms with Crippen LogP contribution < -0.4 is 5.32 Å². The summed E-state index contributed by atoms with van der Waals surface area (Å²) in [7, 11) is 0. The van der Waals surface area contributed by atoms with Gasteiger partial charge in [-0.1, -0.05) is 20.3 Å². The van der Waals surface area contributed by atoms with Crippen molar-refractivity contribution in [2.24, 2.45) is 11.3 Å². The number of hydrogen-bond donors (Lipinski definition) is 1. The van der Waals surface area contributed by atoms with Crippen molar-refractivity contribution in [2.45, 2.75) is 39.5 Å². The van der Waals surface area contributed by atoms with Crippen molar-refractivity contribution in [1.82, 2.24) is 5.32 Å². The summed E-state index contributed by atoms with van der Waals surface area (Å²) >= 11 is 1.99. The number of hydrogen-bond acceptors (Lipinski definition) is 2. The fourth-order valence-corrected chi connectivity index (χ4v) is 2.77. The van der Waals surface area contributed by atoms with Crippen molar-refractivity contribution in [3.8, 4) is 0 Å². The lowest BCUT2D eigenvalue weighted by Gasteiger charge is -2.42. The molecule has 0 amide bonds. The lowest BCUT2D eigenvalue weighted by atomic mass is 9.67. The fraction of sp³-hybridized carbons (Fsp3) is 1.00. The van der Waals surface area contributed by atoms with Gasteiger partial charge in [0.05, 0.1) is 0 Å². The van der Waals surface area contributed by atoms with E-state index in [0.717, 1.165) is 5.92 Å². The van der Waals surface area contributed by atoms with Crippen molar-refractivity contribution in [3.63, 3.8) is 0 Å². The summed E-state index contributed by atoms with van der Waals surface area (Å²) in [5.41, 5.74) is 0.678. The molecule has 0 unspecified atom stereocenters. The lowest BCUT2D eigenvalue weighted by Crippen LogP contribution is -2.41. The molecular formula is C12H25NS. The summed E-state index contributed by atoms with van der Waals surface area (Å²) < 4.78 is 0. The van der Waals surface area contributed by atoms with E-state index in [1.54, 1.807) is 0 Å². The van der Waals surface area contributed by atoms with Gasteiger partial charge in [0, 0.05) is 6.54 Å². The van der Waals surface area contributed by atoms with E-state index in [1.807, 2.05) is 11.8 Å². The normalized spacial score (nSPS) is 19.7. The van der Waals surface area contributed by atoms with Gasteiger partial charge < -0.3 is 5.32 Å². The second kappa shape index (κ2) is 6.02. The van der Waals surface area contributed by atoms with Crippen LogP contribution in [-0.2, 0) is 0 Å². The Morgan fingerprint density at radius 3 is 2.50 bits per heavy atom. The Hall–Kier alpha value is 0.310. The highest BCUT2D eigenvalue weighted by Crippen LogP contribution is 2.43. The van der Waals surface area contributed by atoms with Gasteiger partial charge in [-0.15, -0.1) is 0 Å². The minimum atomic E-state index is 0.678. The topological polar surface area (TPSA) is 12.0 Å². The zero-order valence-electron chi connectivity index (χ0n) is 9.94. The third-order valence-corrected chi connectivity index (χ3v) is 3.92. The Kier molecular flexibility index (Phi) is 5.32. The van der Waals surface area contributed by atoms with E-state index in [4.69, 9.17) is 0 Å². The first-order valence-corrected chi connectivity index (χ1v) is 7.28. The molecule has 1 rings (SSSR count). The molecule has 1 aliphatic rings. The highest BCUT2D eigenvalue weighted by molar-refractivity contribution is 7.98. The van der Waals surface area contributed by atoms with Crippen molar-refractivity contribution >= 4 is 11.8 Å². The van der Waals surface area contributed by atoms with Crippen LogP contribution in [-0.4, -0.2) is 25.1 Å². The van der Waals surface area contributed by atoms with E-state index in [2.05, 4.69) is 25.4 Å². The molecule has 1 saturated carbocycles. The van der Waals surface area contributed by atoms with Crippen LogP contribution in [0.25, 0.3) is 0 Å². The van der Waals surface area contributed by atoms with E-state index < -0.39 is 0 Å². The van der Waals surface area contributed by atoms with Gasteiger partial charge >= 0.3 is 0 Å². The minimum Gasteiger partial charge on any atom is -0.316 e. The molecule has 1 fully saturated rings. The minimum absolute atomic E-state index is 0.678. The molecule has 0 heterocycles. The van der Waals surface area contributed by atoms with E-state index in [9.17, 15) is 0 Å². The maximum Gasteiger partial charge on any atom is 0.000821 e. The summed E-state index contributed by atoms with van der Waals surface area (Å²) in [5.74, 6) is 2.12. The van der Waals surface area contributed by atoms with Gasteiger partial charge in [0.2, 0.25) is 0 Å². The van der Waals surface area contributed by atoms with Crippen LogP contribution in [0.3, 0.4) is 0 Å². The average molecular weight is 215 g/mol. The quantitative estimate of drug-likeness (QED) is 0.700. The first kappa shape index (κ1) is 12.4. The monoisotopic (exact) mass is 215 g/mol. The van der Waals surface area contributed by atoms with Gasteiger partial charge in [-0.25, -0.2) is 0 Å². The molecule has 0 saturated heterocycles. The standard InChI is InChI=1S/C12H25NS/c1-11(2)9-13-10-12(5-4-6-12)7-8-14-3/h11,13H,4-10H2,1-3H3. The maximum absolute atomic E-state index is 3.63. The first-order valence-electron chi connectivity index (χ1n) is 5.88. The molecule has 0 radical (unpaired) electrons. The molecule has 2 heteroatoms. The number of rotatable bonds is 7. The smallest absolute Gasteiger partial charge is 0.000821 e. The highest BCUT2D eigenvalue weighted by atomic mass is 32.2. The van der Waals surface area contributed by atoms with Crippen LogP contribution in [0.5, 0.6) is 0 Å². The van der Waals surface area contributed by atoms with Crippen LogP contribution in [0, 0.1) is 11.3 Å². The highest BCUT2D eigenvalue weighted by Gasteiger charge is 2.35. The molecule has 1 aliphatic carbocycles. The van der Waals surface area contributed by atoms with E-state index in [1.165, 1.54) is 44.5 Å². The zero-order valence-corrected chi connectivity index (χ0v) is 10.8. The van der Waals surface area contributed by atoms with Crippen LogP contribution >= 0.6 is 11.8 Å². The molecule has 84 valence electrons. The molecule has 1 N–H and O–H groups in total. The molecule has 0 aromatic rings. The van der Waals surface area contributed by atoms with E-state index in [0.29, 0.717) is 5.41 Å². The second-order valence-electron chi connectivity index (χ2n) is 5.12. The van der Waals surface area contributed by atoms with Gasteiger partial charge in [0.15, 0.2) is 0 Å². The predicted octanol–water partition coefficient (Wildman–Crippen LogP) is 3.16. The summed E-state index contributed by atoms with van der Waals surface area (Å²) in [5, 5.41) is 3.63. The molecule has 0 aromatic carbocycles. The largest absolute Gasteiger partial charge is 0.316 e. The van der Waals surface area contributed by atoms with Crippen LogP contribution in [0.4, 0.5) is 0 Å².